The van der Waals surface area contributed by atoms with E-state index in [1.807, 2.05) is 0 Å². The summed E-state index contributed by atoms with van der Waals surface area (Å²) in [5.41, 5.74) is 6.48. The third kappa shape index (κ3) is 6.08. The zero-order valence-corrected chi connectivity index (χ0v) is 10.5. The number of alkyl halides is 3. The number of nitrogens with two attached hydrogens (primary N) is 1. The van der Waals surface area contributed by atoms with Crippen LogP contribution in [0.5, 0.6) is 0 Å². The van der Waals surface area contributed by atoms with Crippen molar-refractivity contribution in [3.63, 3.8) is 0 Å². The first-order valence-corrected chi connectivity index (χ1v) is 5.87. The Labute approximate surface area is 109 Å². The van der Waals surface area contributed by atoms with Crippen LogP contribution in [0.25, 0.3) is 0 Å². The van der Waals surface area contributed by atoms with E-state index in [1.54, 1.807) is 13.0 Å². The molecule has 1 rings (SSSR count). The number of unbranched alkanes of at least 4 members (excludes halogenated alkanes) is 1. The Morgan fingerprint density at radius 1 is 1.37 bits per heavy atom. The van der Waals surface area contributed by atoms with Crippen molar-refractivity contribution in [3.8, 4) is 0 Å². The average Bonchev–Trinajstić information content (AvgIpc) is 2.25. The number of pyridine rings is 1. The molecule has 1 amide bonds. The van der Waals surface area contributed by atoms with Crippen LogP contribution in [0.2, 0.25) is 0 Å². The summed E-state index contributed by atoms with van der Waals surface area (Å²) in [6.45, 7) is 1.91. The van der Waals surface area contributed by atoms with E-state index < -0.39 is 12.6 Å². The van der Waals surface area contributed by atoms with Gasteiger partial charge in [-0.25, -0.2) is 4.98 Å². The highest BCUT2D eigenvalue weighted by Gasteiger charge is 2.25. The zero-order valence-electron chi connectivity index (χ0n) is 10.5. The minimum absolute atomic E-state index is 0.00128. The van der Waals surface area contributed by atoms with Crippen molar-refractivity contribution < 1.29 is 18.0 Å². The van der Waals surface area contributed by atoms with Crippen LogP contribution < -0.4 is 11.1 Å². The molecule has 0 saturated carbocycles. The van der Waals surface area contributed by atoms with E-state index in [0.717, 1.165) is 0 Å². The maximum atomic E-state index is 11.9. The highest BCUT2D eigenvalue weighted by Crippen LogP contribution is 2.21. The minimum Gasteiger partial charge on any atom is -0.384 e. The summed E-state index contributed by atoms with van der Waals surface area (Å²) in [6.07, 6.45) is -4.68. The summed E-state index contributed by atoms with van der Waals surface area (Å²) >= 11 is 0. The monoisotopic (exact) mass is 275 g/mol. The van der Waals surface area contributed by atoms with Gasteiger partial charge in [-0.1, -0.05) is 0 Å². The van der Waals surface area contributed by atoms with Crippen LogP contribution in [0.15, 0.2) is 12.1 Å². The van der Waals surface area contributed by atoms with Gasteiger partial charge in [0, 0.05) is 24.2 Å². The lowest BCUT2D eigenvalue weighted by molar-refractivity contribution is -0.135. The summed E-state index contributed by atoms with van der Waals surface area (Å²) in [6, 6.07) is 3.00. The number of nitrogens with zero attached hydrogens (tertiary/aromatic N) is 1. The predicted molar refractivity (Wildman–Crippen MR) is 65.6 cm³/mol. The number of nitrogens with one attached hydrogen (secondary N) is 1. The van der Waals surface area contributed by atoms with Crippen molar-refractivity contribution in [2.75, 3.05) is 12.3 Å². The predicted octanol–water partition coefficient (Wildman–Crippen LogP) is 2.43. The number of amides is 1. The molecule has 0 aromatic carbocycles. The fourth-order valence-corrected chi connectivity index (χ4v) is 1.58. The second kappa shape index (κ2) is 6.40. The fourth-order valence-electron chi connectivity index (χ4n) is 1.58. The summed E-state index contributed by atoms with van der Waals surface area (Å²) in [7, 11) is 0. The molecule has 0 radical (unpaired) electrons. The molecule has 3 N–H and O–H groups in total. The Morgan fingerprint density at radius 2 is 2.05 bits per heavy atom. The van der Waals surface area contributed by atoms with Gasteiger partial charge in [-0.15, -0.1) is 0 Å². The number of rotatable bonds is 5. The molecule has 19 heavy (non-hydrogen) atoms. The Kier molecular flexibility index (Phi) is 5.14. The number of aryl methyl sites for hydroxylation is 1. The third-order valence-electron chi connectivity index (χ3n) is 2.41. The van der Waals surface area contributed by atoms with Crippen molar-refractivity contribution >= 4 is 11.7 Å². The van der Waals surface area contributed by atoms with Crippen LogP contribution in [-0.4, -0.2) is 23.6 Å². The number of hydrogen-bond donors (Lipinski definition) is 2. The van der Waals surface area contributed by atoms with Gasteiger partial charge >= 0.3 is 6.18 Å². The molecule has 0 unspecified atom stereocenters. The van der Waals surface area contributed by atoms with Crippen LogP contribution in [0.3, 0.4) is 0 Å². The van der Waals surface area contributed by atoms with E-state index in [-0.39, 0.29) is 31.1 Å². The summed E-state index contributed by atoms with van der Waals surface area (Å²) in [5, 5.41) is 2.55. The number of hydrogen-bond acceptors (Lipinski definition) is 3. The second-order valence-corrected chi connectivity index (χ2v) is 4.25. The molecule has 7 heteroatoms. The van der Waals surface area contributed by atoms with Gasteiger partial charge in [0.05, 0.1) is 0 Å². The molecule has 0 aliphatic carbocycles. The Bertz CT molecular complexity index is 426. The second-order valence-electron chi connectivity index (χ2n) is 4.25. The van der Waals surface area contributed by atoms with Gasteiger partial charge in [0.2, 0.25) is 0 Å². The first-order chi connectivity index (χ1) is 8.78. The van der Waals surface area contributed by atoms with Crippen LogP contribution in [0.4, 0.5) is 19.0 Å². The maximum Gasteiger partial charge on any atom is 0.389 e. The quantitative estimate of drug-likeness (QED) is 0.811. The molecule has 0 bridgehead atoms. The van der Waals surface area contributed by atoms with E-state index in [0.29, 0.717) is 11.3 Å². The minimum atomic E-state index is -4.14. The number of carbonyl (C=O) groups is 1. The normalized spacial score (nSPS) is 11.4. The lowest BCUT2D eigenvalue weighted by atomic mass is 10.2. The van der Waals surface area contributed by atoms with Crippen molar-refractivity contribution in [3.05, 3.63) is 23.4 Å². The van der Waals surface area contributed by atoms with Gasteiger partial charge in [-0.3, -0.25) is 4.79 Å². The van der Waals surface area contributed by atoms with Crippen LogP contribution in [0.1, 0.15) is 35.3 Å². The molecular weight excluding hydrogens is 259 g/mol. The lowest BCUT2D eigenvalue weighted by Crippen LogP contribution is -2.25. The van der Waals surface area contributed by atoms with Crippen molar-refractivity contribution in [1.82, 2.24) is 10.3 Å². The molecule has 106 valence electrons. The zero-order chi connectivity index (χ0) is 14.5. The summed E-state index contributed by atoms with van der Waals surface area (Å²) < 4.78 is 35.7. The van der Waals surface area contributed by atoms with Gasteiger partial charge in [0.25, 0.3) is 5.91 Å². The van der Waals surface area contributed by atoms with Crippen molar-refractivity contribution in [2.45, 2.75) is 32.4 Å². The van der Waals surface area contributed by atoms with Crippen molar-refractivity contribution in [2.24, 2.45) is 0 Å². The molecule has 4 nitrogen and oxygen atoms in total. The maximum absolute atomic E-state index is 11.9. The highest BCUT2D eigenvalue weighted by atomic mass is 19.4. The topological polar surface area (TPSA) is 68.0 Å². The highest BCUT2D eigenvalue weighted by molar-refractivity contribution is 5.94. The van der Waals surface area contributed by atoms with Crippen LogP contribution in [0, 0.1) is 6.92 Å². The largest absolute Gasteiger partial charge is 0.389 e. The Balaban J connectivity index is 2.35. The van der Waals surface area contributed by atoms with Crippen LogP contribution >= 0.6 is 0 Å². The fraction of sp³-hybridized carbons (Fsp3) is 0.500. The number of aromatic nitrogens is 1. The average molecular weight is 275 g/mol. The van der Waals surface area contributed by atoms with Gasteiger partial charge in [-0.2, -0.15) is 13.2 Å². The van der Waals surface area contributed by atoms with Crippen molar-refractivity contribution in [1.29, 1.82) is 0 Å². The molecular formula is C12H16F3N3O. The van der Waals surface area contributed by atoms with E-state index in [9.17, 15) is 18.0 Å². The van der Waals surface area contributed by atoms with E-state index in [2.05, 4.69) is 10.3 Å². The van der Waals surface area contributed by atoms with Gasteiger partial charge in [0.1, 0.15) is 5.82 Å². The SMILES string of the molecule is Cc1cc(C(=O)NCCCCC(F)(F)F)cc(N)n1. The number of nitrogen functional groups attached to an aromatic ring is 1. The van der Waals surface area contributed by atoms with Gasteiger partial charge in [-0.05, 0) is 31.9 Å². The van der Waals surface area contributed by atoms with E-state index >= 15 is 0 Å². The molecule has 1 heterocycles. The van der Waals surface area contributed by atoms with E-state index in [1.165, 1.54) is 6.07 Å². The Morgan fingerprint density at radius 3 is 2.63 bits per heavy atom. The molecule has 0 aliphatic heterocycles. The molecule has 0 aliphatic rings. The molecule has 0 spiro atoms. The molecule has 0 atom stereocenters. The standard InChI is InChI=1S/C12H16F3N3O/c1-8-6-9(7-10(16)18-8)11(19)17-5-3-2-4-12(13,14)15/h6-7H,2-5H2,1H3,(H2,16,18)(H,17,19). The van der Waals surface area contributed by atoms with Crippen LogP contribution in [-0.2, 0) is 0 Å². The van der Waals surface area contributed by atoms with Gasteiger partial charge in [0.15, 0.2) is 0 Å². The summed E-state index contributed by atoms with van der Waals surface area (Å²) in [5.74, 6) is -0.119. The number of carbonyl (C=O) groups excluding carboxylic acids is 1. The molecule has 1 aromatic heterocycles. The summed E-state index contributed by atoms with van der Waals surface area (Å²) in [4.78, 5) is 15.6. The smallest absolute Gasteiger partial charge is 0.384 e. The Hall–Kier alpha value is -1.79. The molecule has 0 fully saturated rings. The third-order valence-corrected chi connectivity index (χ3v) is 2.41. The first-order valence-electron chi connectivity index (χ1n) is 5.87. The lowest BCUT2D eigenvalue weighted by Gasteiger charge is -2.08. The number of halogens is 3. The molecule has 0 saturated heterocycles. The first kappa shape index (κ1) is 15.3. The van der Waals surface area contributed by atoms with Gasteiger partial charge < -0.3 is 11.1 Å². The number of anilines is 1. The molecule has 1 aromatic rings. The van der Waals surface area contributed by atoms with E-state index in [4.69, 9.17) is 5.73 Å².